The van der Waals surface area contributed by atoms with Gasteiger partial charge in [-0.3, -0.25) is 18.0 Å². The summed E-state index contributed by atoms with van der Waals surface area (Å²) in [5.41, 5.74) is -2.74. The number of carboxylic acid groups (broad SMARTS) is 3. The summed E-state index contributed by atoms with van der Waals surface area (Å²) >= 11 is 0. The topological polar surface area (TPSA) is 212 Å². The van der Waals surface area contributed by atoms with Gasteiger partial charge in [0.05, 0.1) is 12.8 Å². The number of aliphatic carboxylic acids is 3. The maximum Gasteiger partial charge on any atom is 2.00 e. The summed E-state index contributed by atoms with van der Waals surface area (Å²) in [7, 11) is -5.17. The molecule has 0 saturated carbocycles. The van der Waals surface area contributed by atoms with Crippen molar-refractivity contribution in [1.82, 2.24) is 0 Å². The first-order valence-electron chi connectivity index (χ1n) is 3.84. The molecular weight excluding hydrogens is 331 g/mol. The Kier molecular flexibility index (Phi) is 10.7. The van der Waals surface area contributed by atoms with Crippen molar-refractivity contribution in [1.29, 1.82) is 0 Å². The Morgan fingerprint density at radius 3 is 1.26 bits per heavy atom. The van der Waals surface area contributed by atoms with Crippen LogP contribution in [-0.4, -0.2) is 61.5 Å². The minimum atomic E-state index is -5.17. The van der Waals surface area contributed by atoms with Crippen molar-refractivity contribution >= 4 is 28.3 Å². The molecule has 4 N–H and O–H groups in total. The summed E-state index contributed by atoms with van der Waals surface area (Å²) in [5.74, 6) is -5.02. The van der Waals surface area contributed by atoms with Gasteiger partial charge in [-0.05, 0) is 0 Å². The second-order valence-electron chi connectivity index (χ2n) is 2.89. The molecule has 19 heavy (non-hydrogen) atoms. The molecule has 0 unspecified atom stereocenters. The van der Waals surface area contributed by atoms with Crippen LogP contribution in [-0.2, 0) is 43.3 Å². The molecule has 0 heterocycles. The summed E-state index contributed by atoms with van der Waals surface area (Å²) in [6, 6.07) is 0. The Bertz CT molecular complexity index is 402. The average Bonchev–Trinajstić information content (AvgIpc) is 1.95. The number of rotatable bonds is 5. The molecule has 0 aromatic heterocycles. The van der Waals surface area contributed by atoms with Crippen molar-refractivity contribution in [2.45, 2.75) is 18.4 Å². The minimum absolute atomic E-state index is 0. The van der Waals surface area contributed by atoms with E-state index in [0.717, 1.165) is 0 Å². The standard InChI is InChI=1S/C6H8O7.H2O4S.V/c7-3(8)1-6(13,5(11)12)2-4(9)10;1-5(2,3)4;/h13H,1-2H2,(H,7,8)(H,9,10)(H,11,12);(H2,1,2,3,4);/q;;+2/p-2. The fourth-order valence-corrected chi connectivity index (χ4v) is 0.714. The molecule has 1 radical (unpaired) electrons. The van der Waals surface area contributed by atoms with E-state index in [1.807, 2.05) is 0 Å². The fraction of sp³-hybridized carbons (Fsp3) is 0.500. The van der Waals surface area contributed by atoms with Gasteiger partial charge in [0.1, 0.15) is 0 Å². The van der Waals surface area contributed by atoms with Crippen molar-refractivity contribution < 1.29 is 70.9 Å². The molecule has 0 atom stereocenters. The van der Waals surface area contributed by atoms with E-state index in [1.54, 1.807) is 0 Å². The van der Waals surface area contributed by atoms with Gasteiger partial charge in [0.15, 0.2) is 5.60 Å². The van der Waals surface area contributed by atoms with Gasteiger partial charge in [-0.2, -0.15) is 0 Å². The average molecular weight is 339 g/mol. The molecule has 0 fully saturated rings. The van der Waals surface area contributed by atoms with Gasteiger partial charge in [0.2, 0.25) is 0 Å². The Hall–Kier alpha value is -1.18. The zero-order valence-electron chi connectivity index (χ0n) is 8.92. The van der Waals surface area contributed by atoms with Crippen LogP contribution in [0.3, 0.4) is 0 Å². The zero-order valence-corrected chi connectivity index (χ0v) is 11.1. The fourth-order valence-electron chi connectivity index (χ4n) is 0.714. The summed E-state index contributed by atoms with van der Waals surface area (Å²) in [5, 5.41) is 33.8. The summed E-state index contributed by atoms with van der Waals surface area (Å²) in [6.45, 7) is 0. The Morgan fingerprint density at radius 1 is 0.947 bits per heavy atom. The van der Waals surface area contributed by atoms with E-state index in [2.05, 4.69) is 0 Å². The summed E-state index contributed by atoms with van der Waals surface area (Å²) < 4.78 is 34.1. The molecule has 0 aromatic rings. The van der Waals surface area contributed by atoms with Gasteiger partial charge in [0, 0.05) is 10.4 Å². The van der Waals surface area contributed by atoms with E-state index in [-0.39, 0.29) is 18.6 Å². The molecule has 0 aliphatic heterocycles. The largest absolute Gasteiger partial charge is 2.00 e. The number of hydrogen-bond donors (Lipinski definition) is 4. The van der Waals surface area contributed by atoms with Crippen molar-refractivity contribution in [2.75, 3.05) is 0 Å². The van der Waals surface area contributed by atoms with Crippen LogP contribution in [0.15, 0.2) is 0 Å². The molecule has 0 amide bonds. The molecule has 0 aliphatic carbocycles. The Morgan fingerprint density at radius 2 is 1.16 bits per heavy atom. The van der Waals surface area contributed by atoms with E-state index in [1.165, 1.54) is 0 Å². The third-order valence-corrected chi connectivity index (χ3v) is 1.29. The summed E-state index contributed by atoms with van der Waals surface area (Å²) in [4.78, 5) is 30.5. The van der Waals surface area contributed by atoms with Gasteiger partial charge in [-0.1, -0.05) is 0 Å². The number of aliphatic hydroxyl groups is 1. The molecule has 0 rings (SSSR count). The van der Waals surface area contributed by atoms with Gasteiger partial charge in [-0.15, -0.1) is 0 Å². The number of carboxylic acids is 3. The van der Waals surface area contributed by atoms with Gasteiger partial charge in [-0.25, -0.2) is 4.79 Å². The minimum Gasteiger partial charge on any atom is -0.759 e. The Balaban J connectivity index is -0.000000366. The maximum atomic E-state index is 10.3. The van der Waals surface area contributed by atoms with Crippen LogP contribution in [0.4, 0.5) is 0 Å². The predicted octanol–water partition coefficient (Wildman–Crippen LogP) is -2.59. The molecular formula is C6H8O11SV. The van der Waals surface area contributed by atoms with Crippen molar-refractivity contribution in [3.05, 3.63) is 0 Å². The SMILES string of the molecule is O=C(O)CC(O)(CC(=O)O)C(=O)O.O=S(=O)([O-])[O-].[V+2]. The molecule has 109 valence electrons. The van der Waals surface area contributed by atoms with E-state index in [4.69, 9.17) is 37.9 Å². The van der Waals surface area contributed by atoms with Crippen LogP contribution in [0.2, 0.25) is 0 Å². The monoisotopic (exact) mass is 339 g/mol. The number of carbonyl (C=O) groups is 3. The van der Waals surface area contributed by atoms with Crippen LogP contribution in [0, 0.1) is 0 Å². The zero-order chi connectivity index (χ0) is 15.1. The van der Waals surface area contributed by atoms with Crippen LogP contribution < -0.4 is 0 Å². The predicted molar refractivity (Wildman–Crippen MR) is 47.6 cm³/mol. The van der Waals surface area contributed by atoms with Gasteiger partial charge < -0.3 is 29.5 Å². The van der Waals surface area contributed by atoms with Crippen molar-refractivity contribution in [2.24, 2.45) is 0 Å². The molecule has 0 saturated heterocycles. The summed E-state index contributed by atoms with van der Waals surface area (Å²) in [6.07, 6.45) is -2.29. The molecule has 0 spiro atoms. The molecule has 11 nitrogen and oxygen atoms in total. The van der Waals surface area contributed by atoms with E-state index in [9.17, 15) is 14.4 Å². The first-order valence-corrected chi connectivity index (χ1v) is 5.17. The van der Waals surface area contributed by atoms with Crippen LogP contribution >= 0.6 is 0 Å². The molecule has 0 aliphatic rings. The molecule has 0 bridgehead atoms. The van der Waals surface area contributed by atoms with Gasteiger partial charge >= 0.3 is 36.5 Å². The molecule has 13 heteroatoms. The maximum absolute atomic E-state index is 10.3. The molecule has 0 aromatic carbocycles. The second kappa shape index (κ2) is 8.85. The second-order valence-corrected chi connectivity index (χ2v) is 3.70. The van der Waals surface area contributed by atoms with E-state index < -0.39 is 46.7 Å². The van der Waals surface area contributed by atoms with E-state index in [0.29, 0.717) is 0 Å². The quantitative estimate of drug-likeness (QED) is 0.301. The first-order chi connectivity index (χ1) is 7.78. The van der Waals surface area contributed by atoms with Crippen LogP contribution in [0.5, 0.6) is 0 Å². The normalized spacial score (nSPS) is 10.5. The van der Waals surface area contributed by atoms with Crippen LogP contribution in [0.1, 0.15) is 12.8 Å². The van der Waals surface area contributed by atoms with Crippen molar-refractivity contribution in [3.63, 3.8) is 0 Å². The smallest absolute Gasteiger partial charge is 0.759 e. The van der Waals surface area contributed by atoms with Gasteiger partial charge in [0.25, 0.3) is 0 Å². The van der Waals surface area contributed by atoms with E-state index >= 15 is 0 Å². The number of hydrogen-bond acceptors (Lipinski definition) is 8. The van der Waals surface area contributed by atoms with Crippen LogP contribution in [0.25, 0.3) is 0 Å². The third kappa shape index (κ3) is 16.8. The Labute approximate surface area is 118 Å². The first kappa shape index (κ1) is 23.0. The third-order valence-electron chi connectivity index (χ3n) is 1.29. The van der Waals surface area contributed by atoms with Crippen molar-refractivity contribution in [3.8, 4) is 0 Å².